The third kappa shape index (κ3) is 3.78. The number of hydrogen-bond acceptors (Lipinski definition) is 4. The molecule has 3 N–H and O–H groups in total. The highest BCUT2D eigenvalue weighted by Crippen LogP contribution is 2.17. The number of nitrogens with two attached hydrogens (primary N) is 1. The summed E-state index contributed by atoms with van der Waals surface area (Å²) < 4.78 is 0. The van der Waals surface area contributed by atoms with Crippen LogP contribution >= 0.6 is 0 Å². The number of nitrogen functional groups attached to an aromatic ring is 1. The smallest absolute Gasteiger partial charge is 0.226 e. The molecule has 110 valence electrons. The predicted octanol–water partition coefficient (Wildman–Crippen LogP) is 2.48. The van der Waals surface area contributed by atoms with Crippen molar-refractivity contribution >= 4 is 11.8 Å². The molecule has 0 spiro atoms. The third-order valence-electron chi connectivity index (χ3n) is 3.19. The van der Waals surface area contributed by atoms with Crippen molar-refractivity contribution in [3.8, 4) is 0 Å². The highest BCUT2D eigenvalue weighted by Gasteiger charge is 2.16. The molecule has 0 aliphatic heterocycles. The molecule has 0 atom stereocenters. The summed E-state index contributed by atoms with van der Waals surface area (Å²) in [6.45, 7) is 6.81. The molecule has 0 unspecified atom stereocenters. The van der Waals surface area contributed by atoms with Gasteiger partial charge >= 0.3 is 0 Å². The molecule has 0 radical (unpaired) electrons. The second-order valence-corrected chi connectivity index (χ2v) is 5.32. The third-order valence-corrected chi connectivity index (χ3v) is 3.19. The van der Waals surface area contributed by atoms with Crippen molar-refractivity contribution < 1.29 is 0 Å². The van der Waals surface area contributed by atoms with E-state index in [-0.39, 0.29) is 11.9 Å². The standard InChI is InChI=1S/C16H21N5/c1-11(2)21(10-13-7-5-4-6-8-13)16-19-12(3)9-14(20-16)15(17)18/h4-9,11H,10H2,1-3H3,(H3,17,18). The van der Waals surface area contributed by atoms with Crippen molar-refractivity contribution in [1.82, 2.24) is 9.97 Å². The maximum Gasteiger partial charge on any atom is 0.226 e. The number of nitrogens with one attached hydrogen (secondary N) is 1. The van der Waals surface area contributed by atoms with Gasteiger partial charge in [0.05, 0.1) is 0 Å². The van der Waals surface area contributed by atoms with Gasteiger partial charge in [0.2, 0.25) is 5.95 Å². The van der Waals surface area contributed by atoms with Crippen molar-refractivity contribution in [2.24, 2.45) is 5.73 Å². The van der Waals surface area contributed by atoms with Gasteiger partial charge in [0, 0.05) is 18.3 Å². The molecule has 5 nitrogen and oxygen atoms in total. The van der Waals surface area contributed by atoms with Crippen molar-refractivity contribution in [1.29, 1.82) is 5.41 Å². The molecule has 1 aromatic heterocycles. The molecule has 0 bridgehead atoms. The Morgan fingerprint density at radius 3 is 2.48 bits per heavy atom. The fraction of sp³-hybridized carbons (Fsp3) is 0.312. The zero-order chi connectivity index (χ0) is 15.4. The Hall–Kier alpha value is -2.43. The molecular weight excluding hydrogens is 262 g/mol. The van der Waals surface area contributed by atoms with E-state index in [4.69, 9.17) is 11.1 Å². The van der Waals surface area contributed by atoms with E-state index >= 15 is 0 Å². The molecule has 2 aromatic rings. The number of hydrogen-bond donors (Lipinski definition) is 2. The van der Waals surface area contributed by atoms with Gasteiger partial charge in [-0.05, 0) is 32.4 Å². The minimum absolute atomic E-state index is 0.0369. The lowest BCUT2D eigenvalue weighted by molar-refractivity contribution is 0.658. The van der Waals surface area contributed by atoms with Gasteiger partial charge in [-0.3, -0.25) is 5.41 Å². The number of anilines is 1. The Kier molecular flexibility index (Phi) is 4.52. The van der Waals surface area contributed by atoms with Crippen LogP contribution in [0, 0.1) is 12.3 Å². The van der Waals surface area contributed by atoms with E-state index in [0.717, 1.165) is 12.2 Å². The summed E-state index contributed by atoms with van der Waals surface area (Å²) in [5, 5.41) is 7.57. The SMILES string of the molecule is Cc1cc(C(=N)N)nc(N(Cc2ccccc2)C(C)C)n1. The van der Waals surface area contributed by atoms with Crippen LogP contribution in [0.25, 0.3) is 0 Å². The molecule has 0 aliphatic carbocycles. The van der Waals surface area contributed by atoms with Crippen molar-refractivity contribution in [2.45, 2.75) is 33.4 Å². The maximum absolute atomic E-state index is 7.57. The Morgan fingerprint density at radius 2 is 1.90 bits per heavy atom. The van der Waals surface area contributed by atoms with Crippen LogP contribution in [0.1, 0.15) is 30.8 Å². The molecule has 0 fully saturated rings. The maximum atomic E-state index is 7.57. The van der Waals surface area contributed by atoms with E-state index in [1.54, 1.807) is 6.07 Å². The van der Waals surface area contributed by atoms with Crippen molar-refractivity contribution in [2.75, 3.05) is 4.90 Å². The zero-order valence-corrected chi connectivity index (χ0v) is 12.7. The molecule has 0 aliphatic rings. The molecule has 0 saturated heterocycles. The number of rotatable bonds is 5. The van der Waals surface area contributed by atoms with Crippen molar-refractivity contribution in [3.05, 3.63) is 53.3 Å². The normalized spacial score (nSPS) is 10.7. The number of aryl methyl sites for hydroxylation is 1. The summed E-state index contributed by atoms with van der Waals surface area (Å²) in [7, 11) is 0. The summed E-state index contributed by atoms with van der Waals surface area (Å²) >= 11 is 0. The minimum atomic E-state index is -0.0369. The van der Waals surface area contributed by atoms with Crippen molar-refractivity contribution in [3.63, 3.8) is 0 Å². The quantitative estimate of drug-likeness (QED) is 0.652. The Balaban J connectivity index is 2.36. The Bertz CT molecular complexity index is 622. The number of amidine groups is 1. The van der Waals surface area contributed by atoms with Crippen LogP contribution in [0.5, 0.6) is 0 Å². The van der Waals surface area contributed by atoms with Crippen LogP contribution in [-0.4, -0.2) is 21.8 Å². The lowest BCUT2D eigenvalue weighted by Crippen LogP contribution is -2.32. The van der Waals surface area contributed by atoms with E-state index in [2.05, 4.69) is 40.8 Å². The summed E-state index contributed by atoms with van der Waals surface area (Å²) in [4.78, 5) is 11.0. The van der Waals surface area contributed by atoms with E-state index < -0.39 is 0 Å². The van der Waals surface area contributed by atoms with E-state index in [1.807, 2.05) is 25.1 Å². The van der Waals surface area contributed by atoms with Gasteiger partial charge in [-0.25, -0.2) is 9.97 Å². The van der Waals surface area contributed by atoms with E-state index in [0.29, 0.717) is 11.6 Å². The van der Waals surface area contributed by atoms with Gasteiger partial charge in [-0.15, -0.1) is 0 Å². The first-order valence-corrected chi connectivity index (χ1v) is 6.98. The number of benzene rings is 1. The summed E-state index contributed by atoms with van der Waals surface area (Å²) in [5.41, 5.74) is 8.03. The van der Waals surface area contributed by atoms with Crippen LogP contribution in [-0.2, 0) is 6.54 Å². The van der Waals surface area contributed by atoms with Gasteiger partial charge in [-0.2, -0.15) is 0 Å². The lowest BCUT2D eigenvalue weighted by atomic mass is 10.2. The second kappa shape index (κ2) is 6.35. The first kappa shape index (κ1) is 15.0. The van der Waals surface area contributed by atoms with E-state index in [1.165, 1.54) is 5.56 Å². The number of aromatic nitrogens is 2. The minimum Gasteiger partial charge on any atom is -0.382 e. The molecule has 21 heavy (non-hydrogen) atoms. The van der Waals surface area contributed by atoms with Gasteiger partial charge < -0.3 is 10.6 Å². The molecule has 2 rings (SSSR count). The zero-order valence-electron chi connectivity index (χ0n) is 12.7. The first-order valence-electron chi connectivity index (χ1n) is 6.98. The highest BCUT2D eigenvalue weighted by atomic mass is 15.3. The fourth-order valence-corrected chi connectivity index (χ4v) is 2.08. The topological polar surface area (TPSA) is 78.9 Å². The van der Waals surface area contributed by atoms with Crippen LogP contribution in [0.3, 0.4) is 0 Å². The van der Waals surface area contributed by atoms with Crippen LogP contribution in [0.15, 0.2) is 36.4 Å². The molecule has 0 amide bonds. The highest BCUT2D eigenvalue weighted by molar-refractivity contribution is 5.93. The fourth-order valence-electron chi connectivity index (χ4n) is 2.08. The molecule has 0 saturated carbocycles. The Labute approximate surface area is 125 Å². The summed E-state index contributed by atoms with van der Waals surface area (Å²) in [6, 6.07) is 12.2. The van der Waals surface area contributed by atoms with Crippen LogP contribution < -0.4 is 10.6 Å². The van der Waals surface area contributed by atoms with Gasteiger partial charge in [0.15, 0.2) is 0 Å². The molecule has 1 aromatic carbocycles. The van der Waals surface area contributed by atoms with Gasteiger partial charge in [-0.1, -0.05) is 30.3 Å². The van der Waals surface area contributed by atoms with Crippen LogP contribution in [0.4, 0.5) is 5.95 Å². The largest absolute Gasteiger partial charge is 0.382 e. The molecule has 1 heterocycles. The summed E-state index contributed by atoms with van der Waals surface area (Å²) in [5.74, 6) is 0.573. The summed E-state index contributed by atoms with van der Waals surface area (Å²) in [6.07, 6.45) is 0. The predicted molar refractivity (Wildman–Crippen MR) is 85.5 cm³/mol. The average Bonchev–Trinajstić information content (AvgIpc) is 2.44. The monoisotopic (exact) mass is 283 g/mol. The lowest BCUT2D eigenvalue weighted by Gasteiger charge is -2.27. The van der Waals surface area contributed by atoms with Gasteiger partial charge in [0.1, 0.15) is 11.5 Å². The second-order valence-electron chi connectivity index (χ2n) is 5.32. The molecular formula is C16H21N5. The van der Waals surface area contributed by atoms with Gasteiger partial charge in [0.25, 0.3) is 0 Å². The Morgan fingerprint density at radius 1 is 1.24 bits per heavy atom. The average molecular weight is 283 g/mol. The first-order chi connectivity index (χ1) is 9.97. The number of nitrogens with zero attached hydrogens (tertiary/aromatic N) is 3. The van der Waals surface area contributed by atoms with Crippen LogP contribution in [0.2, 0.25) is 0 Å². The molecule has 5 heteroatoms. The van der Waals surface area contributed by atoms with E-state index in [9.17, 15) is 0 Å².